The summed E-state index contributed by atoms with van der Waals surface area (Å²) in [7, 11) is 0. The lowest BCUT2D eigenvalue weighted by atomic mass is 9.91. The van der Waals surface area contributed by atoms with Gasteiger partial charge in [0.2, 0.25) is 11.9 Å². The van der Waals surface area contributed by atoms with Gasteiger partial charge in [-0.05, 0) is 42.0 Å². The van der Waals surface area contributed by atoms with Gasteiger partial charge in [0.05, 0.1) is 12.1 Å². The molecule has 1 aliphatic heterocycles. The molecule has 25 heavy (non-hydrogen) atoms. The molecule has 128 valence electrons. The minimum absolute atomic E-state index is 0.123. The van der Waals surface area contributed by atoms with Crippen LogP contribution in [0.4, 0.5) is 11.9 Å². The minimum Gasteiger partial charge on any atom is -0.366 e. The molecule has 0 radical (unpaired) electrons. The fourth-order valence-electron chi connectivity index (χ4n) is 3.62. The molecule has 2 heterocycles. The number of aryl methyl sites for hydroxylation is 2. The lowest BCUT2D eigenvalue weighted by Crippen LogP contribution is -2.28. The van der Waals surface area contributed by atoms with Crippen LogP contribution >= 0.6 is 0 Å². The molecule has 3 aromatic rings. The van der Waals surface area contributed by atoms with Crippen molar-refractivity contribution in [3.05, 3.63) is 70.8 Å². The smallest absolute Gasteiger partial charge is 0.241 e. The van der Waals surface area contributed by atoms with Gasteiger partial charge >= 0.3 is 0 Å². The standard InChI is InChI=1S/C20H23N5/c1-3-14-8-10-15(11-9-14)17-12-18(16-7-5-4-6-13(16)2)25-20(22-17)23-19(21)24-25/h4-11,17-18H,3,12H2,1-2H3,(H3,21,22,23,24)/t17-,18-/m1/s1. The van der Waals surface area contributed by atoms with E-state index >= 15 is 0 Å². The van der Waals surface area contributed by atoms with Crippen molar-refractivity contribution < 1.29 is 0 Å². The topological polar surface area (TPSA) is 68.8 Å². The molecule has 5 heteroatoms. The van der Waals surface area contributed by atoms with Crippen molar-refractivity contribution in [3.63, 3.8) is 0 Å². The van der Waals surface area contributed by atoms with Gasteiger partial charge in [0.25, 0.3) is 0 Å². The van der Waals surface area contributed by atoms with Crippen LogP contribution in [0.3, 0.4) is 0 Å². The summed E-state index contributed by atoms with van der Waals surface area (Å²) in [4.78, 5) is 4.38. The Morgan fingerprint density at radius 2 is 1.92 bits per heavy atom. The molecule has 5 nitrogen and oxygen atoms in total. The SMILES string of the molecule is CCc1ccc([C@H]2C[C@H](c3ccccc3C)n3nc(N)nc3N2)cc1. The zero-order chi connectivity index (χ0) is 17.4. The predicted molar refractivity (Wildman–Crippen MR) is 101 cm³/mol. The molecule has 0 saturated carbocycles. The number of hydrogen-bond donors (Lipinski definition) is 2. The summed E-state index contributed by atoms with van der Waals surface area (Å²) in [6.45, 7) is 4.32. The summed E-state index contributed by atoms with van der Waals surface area (Å²) in [5.41, 5.74) is 11.0. The highest BCUT2D eigenvalue weighted by Gasteiger charge is 2.31. The maximum Gasteiger partial charge on any atom is 0.241 e. The first-order valence-corrected chi connectivity index (χ1v) is 8.78. The Morgan fingerprint density at radius 1 is 1.16 bits per heavy atom. The van der Waals surface area contributed by atoms with Crippen molar-refractivity contribution >= 4 is 11.9 Å². The monoisotopic (exact) mass is 333 g/mol. The Hall–Kier alpha value is -2.82. The van der Waals surface area contributed by atoms with E-state index in [-0.39, 0.29) is 12.1 Å². The number of nitrogens with two attached hydrogens (primary N) is 1. The van der Waals surface area contributed by atoms with Gasteiger partial charge in [0.1, 0.15) is 0 Å². The Labute approximate surface area is 147 Å². The van der Waals surface area contributed by atoms with E-state index < -0.39 is 0 Å². The maximum absolute atomic E-state index is 5.88. The second-order valence-corrected chi connectivity index (χ2v) is 6.64. The summed E-state index contributed by atoms with van der Waals surface area (Å²) >= 11 is 0. The van der Waals surface area contributed by atoms with E-state index in [1.165, 1.54) is 22.3 Å². The predicted octanol–water partition coefficient (Wildman–Crippen LogP) is 3.88. The van der Waals surface area contributed by atoms with Gasteiger partial charge in [-0.3, -0.25) is 0 Å². The summed E-state index contributed by atoms with van der Waals surface area (Å²) in [5, 5.41) is 7.93. The molecule has 0 unspecified atom stereocenters. The highest BCUT2D eigenvalue weighted by molar-refractivity contribution is 5.43. The Balaban J connectivity index is 1.74. The zero-order valence-electron chi connectivity index (χ0n) is 14.6. The third-order valence-electron chi connectivity index (χ3n) is 5.04. The van der Waals surface area contributed by atoms with Crippen LogP contribution in [0.2, 0.25) is 0 Å². The Bertz CT molecular complexity index is 881. The highest BCUT2D eigenvalue weighted by atomic mass is 15.4. The lowest BCUT2D eigenvalue weighted by Gasteiger charge is -2.32. The average Bonchev–Trinajstić information content (AvgIpc) is 3.01. The van der Waals surface area contributed by atoms with Gasteiger partial charge < -0.3 is 11.1 Å². The third kappa shape index (κ3) is 2.86. The molecule has 0 bridgehead atoms. The molecule has 0 spiro atoms. The minimum atomic E-state index is 0.123. The molecular weight excluding hydrogens is 310 g/mol. The molecule has 2 atom stereocenters. The van der Waals surface area contributed by atoms with Crippen molar-refractivity contribution in [1.82, 2.24) is 14.8 Å². The normalized spacial score (nSPS) is 19.3. The maximum atomic E-state index is 5.88. The number of nitrogens with one attached hydrogen (secondary N) is 1. The molecule has 3 N–H and O–H groups in total. The Kier molecular flexibility index (Phi) is 3.92. The summed E-state index contributed by atoms with van der Waals surface area (Å²) in [5.74, 6) is 1.05. The molecule has 0 aliphatic carbocycles. The van der Waals surface area contributed by atoms with E-state index in [0.717, 1.165) is 18.8 Å². The van der Waals surface area contributed by atoms with Crippen LogP contribution in [0.15, 0.2) is 48.5 Å². The van der Waals surface area contributed by atoms with Gasteiger partial charge in [-0.2, -0.15) is 4.98 Å². The number of hydrogen-bond acceptors (Lipinski definition) is 4. The number of benzene rings is 2. The van der Waals surface area contributed by atoms with Gasteiger partial charge in [-0.1, -0.05) is 55.5 Å². The Morgan fingerprint density at radius 3 is 2.64 bits per heavy atom. The van der Waals surface area contributed by atoms with Gasteiger partial charge in [-0.15, -0.1) is 5.10 Å². The van der Waals surface area contributed by atoms with Crippen LogP contribution in [0.1, 0.15) is 47.7 Å². The lowest BCUT2D eigenvalue weighted by molar-refractivity contribution is 0.430. The molecular formula is C20H23N5. The molecule has 4 rings (SSSR count). The highest BCUT2D eigenvalue weighted by Crippen LogP contribution is 2.38. The molecule has 2 aromatic carbocycles. The van der Waals surface area contributed by atoms with E-state index in [9.17, 15) is 0 Å². The molecule has 1 aliphatic rings. The second-order valence-electron chi connectivity index (χ2n) is 6.64. The van der Waals surface area contributed by atoms with Crippen molar-refractivity contribution in [2.24, 2.45) is 0 Å². The first-order valence-electron chi connectivity index (χ1n) is 8.78. The van der Waals surface area contributed by atoms with Crippen molar-refractivity contribution in [1.29, 1.82) is 0 Å². The number of anilines is 2. The van der Waals surface area contributed by atoms with E-state index in [4.69, 9.17) is 5.73 Å². The largest absolute Gasteiger partial charge is 0.366 e. The number of nitrogens with zero attached hydrogens (tertiary/aromatic N) is 3. The van der Waals surface area contributed by atoms with E-state index in [1.807, 2.05) is 4.68 Å². The van der Waals surface area contributed by atoms with Gasteiger partial charge in [0, 0.05) is 0 Å². The van der Waals surface area contributed by atoms with Gasteiger partial charge in [0.15, 0.2) is 0 Å². The molecule has 1 aromatic heterocycles. The number of rotatable bonds is 3. The summed E-state index contributed by atoms with van der Waals surface area (Å²) < 4.78 is 1.93. The first-order chi connectivity index (χ1) is 12.2. The van der Waals surface area contributed by atoms with Crippen LogP contribution in [0.5, 0.6) is 0 Å². The fraction of sp³-hybridized carbons (Fsp3) is 0.300. The molecule has 0 saturated heterocycles. The van der Waals surface area contributed by atoms with Crippen molar-refractivity contribution in [2.75, 3.05) is 11.1 Å². The van der Waals surface area contributed by atoms with Crippen LogP contribution < -0.4 is 11.1 Å². The summed E-state index contributed by atoms with van der Waals surface area (Å²) in [6, 6.07) is 17.6. The van der Waals surface area contributed by atoms with Crippen molar-refractivity contribution in [3.8, 4) is 0 Å². The number of aromatic nitrogens is 3. The zero-order valence-corrected chi connectivity index (χ0v) is 14.6. The molecule has 0 fully saturated rings. The summed E-state index contributed by atoms with van der Waals surface area (Å²) in [6.07, 6.45) is 1.96. The second kappa shape index (κ2) is 6.24. The van der Waals surface area contributed by atoms with Crippen molar-refractivity contribution in [2.45, 2.75) is 38.8 Å². The van der Waals surface area contributed by atoms with Crippen LogP contribution in [0.25, 0.3) is 0 Å². The van der Waals surface area contributed by atoms with E-state index in [0.29, 0.717) is 5.95 Å². The number of fused-ring (bicyclic) bond motifs is 1. The third-order valence-corrected chi connectivity index (χ3v) is 5.04. The first kappa shape index (κ1) is 15.7. The van der Waals surface area contributed by atoms with E-state index in [2.05, 4.69) is 77.8 Å². The molecule has 0 amide bonds. The van der Waals surface area contributed by atoms with Crippen LogP contribution in [-0.4, -0.2) is 14.8 Å². The van der Waals surface area contributed by atoms with Gasteiger partial charge in [-0.25, -0.2) is 4.68 Å². The number of nitrogen functional groups attached to an aromatic ring is 1. The average molecular weight is 333 g/mol. The quantitative estimate of drug-likeness (QED) is 0.763. The fourth-order valence-corrected chi connectivity index (χ4v) is 3.62. The van der Waals surface area contributed by atoms with Crippen LogP contribution in [-0.2, 0) is 6.42 Å². The van der Waals surface area contributed by atoms with Crippen LogP contribution in [0, 0.1) is 6.92 Å². The van der Waals surface area contributed by atoms with E-state index in [1.54, 1.807) is 0 Å².